The van der Waals surface area contributed by atoms with Gasteiger partial charge in [-0.05, 0) is 24.3 Å². The Bertz CT molecular complexity index is 829. The molecule has 2 amide bonds. The highest BCUT2D eigenvalue weighted by Crippen LogP contribution is 2.44. The van der Waals surface area contributed by atoms with E-state index in [1.807, 2.05) is 0 Å². The summed E-state index contributed by atoms with van der Waals surface area (Å²) in [6.45, 7) is 2.40. The molecule has 28 heavy (non-hydrogen) atoms. The number of aromatic nitrogens is 4. The van der Waals surface area contributed by atoms with Gasteiger partial charge in [-0.25, -0.2) is 9.48 Å². The molecule has 154 valence electrons. The number of nitrogens with one attached hydrogen (secondary N) is 1. The second-order valence-electron chi connectivity index (χ2n) is 6.71. The third-order valence-corrected chi connectivity index (χ3v) is 6.89. The van der Waals surface area contributed by atoms with Gasteiger partial charge in [0.05, 0.1) is 15.5 Å². The first-order valence-corrected chi connectivity index (χ1v) is 10.2. The SMILES string of the molecule is CC1(C)C(C(=O)OCC(Cl)(Cl)Cl)N2C(=O)C(NC(=O)Cn3cnnn3)[C@H]2S1=O. The topological polar surface area (TPSA) is 136 Å². The van der Waals surface area contributed by atoms with Crippen LogP contribution in [0.4, 0.5) is 0 Å². The van der Waals surface area contributed by atoms with Crippen molar-refractivity contribution in [1.29, 1.82) is 0 Å². The molecule has 11 nitrogen and oxygen atoms in total. The van der Waals surface area contributed by atoms with E-state index in [2.05, 4.69) is 20.8 Å². The number of hydrogen-bond acceptors (Lipinski definition) is 8. The largest absolute Gasteiger partial charge is 0.460 e. The van der Waals surface area contributed by atoms with Crippen LogP contribution in [-0.2, 0) is 36.5 Å². The third-order valence-electron chi connectivity index (χ3n) is 4.37. The molecule has 2 aliphatic rings. The Kier molecular flexibility index (Phi) is 5.60. The fourth-order valence-electron chi connectivity index (χ4n) is 3.12. The minimum Gasteiger partial charge on any atom is -0.460 e. The second-order valence-corrected chi connectivity index (χ2v) is 11.4. The quantitative estimate of drug-likeness (QED) is 0.332. The Morgan fingerprint density at radius 2 is 2.07 bits per heavy atom. The normalized spacial score (nSPS) is 28.5. The average Bonchev–Trinajstić information content (AvgIpc) is 3.15. The van der Waals surface area contributed by atoms with Crippen LogP contribution in [0.2, 0.25) is 0 Å². The van der Waals surface area contributed by atoms with Crippen molar-refractivity contribution < 1.29 is 23.3 Å². The number of nitrogens with zero attached hydrogens (tertiary/aromatic N) is 5. The zero-order valence-corrected chi connectivity index (χ0v) is 17.6. The standard InChI is InChI=1S/C13H15Cl3N6O5S/c1-12(2)8(11(25)27-4-13(14,15)16)22-9(24)7(10(22)28(12)26)18-6(23)3-21-5-17-19-20-21/h5,7-8,10H,3-4H2,1-2H3,(H,18,23)/t7?,8?,10-,28?/m1/s1. The molecule has 1 aromatic heterocycles. The summed E-state index contributed by atoms with van der Waals surface area (Å²) in [6, 6.07) is -2.17. The highest BCUT2D eigenvalue weighted by Gasteiger charge is 2.68. The Balaban J connectivity index is 1.71. The number of hydrogen-bond donors (Lipinski definition) is 1. The van der Waals surface area contributed by atoms with Crippen molar-refractivity contribution in [3.05, 3.63) is 6.33 Å². The van der Waals surface area contributed by atoms with Crippen molar-refractivity contribution in [2.75, 3.05) is 6.61 Å². The van der Waals surface area contributed by atoms with Gasteiger partial charge in [0.1, 0.15) is 36.9 Å². The number of carbonyl (C=O) groups excluding carboxylic acids is 3. The Morgan fingerprint density at radius 1 is 1.39 bits per heavy atom. The molecule has 0 aliphatic carbocycles. The first-order chi connectivity index (χ1) is 12.9. The summed E-state index contributed by atoms with van der Waals surface area (Å²) in [5, 5.41) is 12.0. The lowest BCUT2D eigenvalue weighted by Gasteiger charge is -2.43. The molecular formula is C13H15Cl3N6O5S. The van der Waals surface area contributed by atoms with Gasteiger partial charge in [-0.3, -0.25) is 13.8 Å². The van der Waals surface area contributed by atoms with Crippen molar-refractivity contribution in [3.8, 4) is 0 Å². The Labute approximate surface area is 176 Å². The van der Waals surface area contributed by atoms with Gasteiger partial charge in [-0.1, -0.05) is 34.8 Å². The number of rotatable bonds is 5. The maximum atomic E-state index is 12.9. The summed E-state index contributed by atoms with van der Waals surface area (Å²) in [6.07, 6.45) is 1.24. The van der Waals surface area contributed by atoms with Crippen molar-refractivity contribution in [3.63, 3.8) is 0 Å². The maximum Gasteiger partial charge on any atom is 0.330 e. The number of halogens is 3. The highest BCUT2D eigenvalue weighted by atomic mass is 35.6. The van der Waals surface area contributed by atoms with Gasteiger partial charge in [-0.2, -0.15) is 0 Å². The number of alkyl halides is 3. The molecule has 0 bridgehead atoms. The van der Waals surface area contributed by atoms with Gasteiger partial charge in [0.15, 0.2) is 0 Å². The molecule has 3 rings (SSSR count). The van der Waals surface area contributed by atoms with Gasteiger partial charge >= 0.3 is 5.97 Å². The van der Waals surface area contributed by atoms with Crippen LogP contribution in [0.15, 0.2) is 6.33 Å². The van der Waals surface area contributed by atoms with E-state index in [0.29, 0.717) is 0 Å². The maximum absolute atomic E-state index is 12.9. The number of fused-ring (bicyclic) bond motifs is 1. The zero-order valence-electron chi connectivity index (χ0n) is 14.5. The number of esters is 1. The molecule has 4 atom stereocenters. The van der Waals surface area contributed by atoms with Gasteiger partial charge in [-0.15, -0.1) is 5.10 Å². The molecule has 0 radical (unpaired) electrons. The van der Waals surface area contributed by atoms with Crippen LogP contribution in [-0.4, -0.2) is 79.7 Å². The van der Waals surface area contributed by atoms with Gasteiger partial charge in [0.2, 0.25) is 15.6 Å². The fraction of sp³-hybridized carbons (Fsp3) is 0.692. The van der Waals surface area contributed by atoms with E-state index in [4.69, 9.17) is 39.5 Å². The van der Waals surface area contributed by atoms with Gasteiger partial charge in [0, 0.05) is 0 Å². The molecule has 2 saturated heterocycles. The molecule has 0 aromatic carbocycles. The summed E-state index contributed by atoms with van der Waals surface area (Å²) in [7, 11) is -1.66. The minimum atomic E-state index is -1.82. The van der Waals surface area contributed by atoms with E-state index >= 15 is 0 Å². The van der Waals surface area contributed by atoms with Gasteiger partial charge in [0.25, 0.3) is 0 Å². The van der Waals surface area contributed by atoms with Crippen LogP contribution in [0.25, 0.3) is 0 Å². The summed E-state index contributed by atoms with van der Waals surface area (Å²) in [4.78, 5) is 38.3. The van der Waals surface area contributed by atoms with E-state index in [1.54, 1.807) is 13.8 Å². The van der Waals surface area contributed by atoms with Crippen molar-refractivity contribution in [2.45, 2.75) is 46.4 Å². The molecular weight excluding hydrogens is 459 g/mol. The van der Waals surface area contributed by atoms with E-state index in [1.165, 1.54) is 11.0 Å². The molecule has 3 unspecified atom stereocenters. The monoisotopic (exact) mass is 472 g/mol. The van der Waals surface area contributed by atoms with Crippen LogP contribution in [0.3, 0.4) is 0 Å². The highest BCUT2D eigenvalue weighted by molar-refractivity contribution is 7.87. The molecule has 0 spiro atoms. The Hall–Kier alpha value is -1.50. The van der Waals surface area contributed by atoms with Crippen LogP contribution >= 0.6 is 34.8 Å². The summed E-state index contributed by atoms with van der Waals surface area (Å²) in [5.74, 6) is -1.92. The van der Waals surface area contributed by atoms with Crippen LogP contribution in [0.5, 0.6) is 0 Å². The molecule has 1 N–H and O–H groups in total. The summed E-state index contributed by atoms with van der Waals surface area (Å²) < 4.78 is 16.1. The molecule has 3 heterocycles. The third kappa shape index (κ3) is 3.82. The first kappa shape index (κ1) is 21.2. The summed E-state index contributed by atoms with van der Waals surface area (Å²) in [5.41, 5.74) is 0. The fourth-order valence-corrected chi connectivity index (χ4v) is 5.20. The summed E-state index contributed by atoms with van der Waals surface area (Å²) >= 11 is 16.7. The zero-order chi connectivity index (χ0) is 20.9. The second kappa shape index (κ2) is 7.39. The number of amides is 2. The lowest BCUT2D eigenvalue weighted by molar-refractivity contribution is -0.164. The molecule has 1 aromatic rings. The first-order valence-electron chi connectivity index (χ1n) is 7.90. The molecule has 2 aliphatic heterocycles. The number of β-lactam (4-membered cyclic amide) rings is 1. The predicted molar refractivity (Wildman–Crippen MR) is 97.6 cm³/mol. The van der Waals surface area contributed by atoms with Crippen LogP contribution in [0, 0.1) is 0 Å². The lowest BCUT2D eigenvalue weighted by Crippen LogP contribution is -2.71. The van der Waals surface area contributed by atoms with Crippen molar-refractivity contribution in [2.24, 2.45) is 0 Å². The smallest absolute Gasteiger partial charge is 0.330 e. The minimum absolute atomic E-state index is 0.214. The Morgan fingerprint density at radius 3 is 2.64 bits per heavy atom. The van der Waals surface area contributed by atoms with E-state index in [0.717, 1.165) is 4.90 Å². The van der Waals surface area contributed by atoms with E-state index in [9.17, 15) is 18.6 Å². The predicted octanol–water partition coefficient (Wildman–Crippen LogP) is -0.851. The average molecular weight is 474 g/mol. The van der Waals surface area contributed by atoms with Crippen molar-refractivity contribution in [1.82, 2.24) is 30.4 Å². The molecule has 2 fully saturated rings. The van der Waals surface area contributed by atoms with E-state index in [-0.39, 0.29) is 6.54 Å². The molecule has 15 heteroatoms. The number of ether oxygens (including phenoxy) is 1. The molecule has 0 saturated carbocycles. The van der Waals surface area contributed by atoms with Gasteiger partial charge < -0.3 is 15.0 Å². The number of tetrazole rings is 1. The van der Waals surface area contributed by atoms with E-state index < -0.39 is 61.2 Å². The van der Waals surface area contributed by atoms with Crippen LogP contribution < -0.4 is 5.32 Å². The van der Waals surface area contributed by atoms with Crippen LogP contribution in [0.1, 0.15) is 13.8 Å². The number of carbonyl (C=O) groups is 3. The lowest BCUT2D eigenvalue weighted by atomic mass is 9.96. The van der Waals surface area contributed by atoms with Crippen molar-refractivity contribution >= 4 is 63.4 Å².